The number of unbranched alkanes of at least 4 members (excludes halogenated alkanes) is 1. The lowest BCUT2D eigenvalue weighted by Gasteiger charge is -1.98. The molecule has 0 bridgehead atoms. The lowest BCUT2D eigenvalue weighted by Crippen LogP contribution is -1.89. The summed E-state index contributed by atoms with van der Waals surface area (Å²) < 4.78 is 11.8. The lowest BCUT2D eigenvalue weighted by atomic mass is 10.1. The Morgan fingerprint density at radius 2 is 1.85 bits per heavy atom. The average Bonchev–Trinajstić information content (AvgIpc) is 2.14. The second-order valence-corrected chi connectivity index (χ2v) is 3.05. The first-order valence-corrected chi connectivity index (χ1v) is 4.51. The van der Waals surface area contributed by atoms with Crippen LogP contribution in [0.1, 0.15) is 24.8 Å². The first kappa shape index (κ1) is 9.90. The van der Waals surface area contributed by atoms with Crippen LogP contribution < -0.4 is 0 Å². The van der Waals surface area contributed by atoms with Crippen molar-refractivity contribution in [1.29, 1.82) is 0 Å². The van der Waals surface area contributed by atoms with Crippen molar-refractivity contribution in [3.8, 4) is 0 Å². The summed E-state index contributed by atoms with van der Waals surface area (Å²) in [6.07, 6.45) is 2.50. The van der Waals surface area contributed by atoms with Gasteiger partial charge in [-0.15, -0.1) is 0 Å². The molecular formula is C11H13FO. The zero-order valence-corrected chi connectivity index (χ0v) is 7.50. The Kier molecular flexibility index (Phi) is 4.16. The third kappa shape index (κ3) is 4.41. The Morgan fingerprint density at radius 1 is 1.15 bits per heavy atom. The maximum atomic E-state index is 11.8. The normalized spacial score (nSPS) is 9.92. The Labute approximate surface area is 77.6 Å². The first-order valence-electron chi connectivity index (χ1n) is 4.51. The van der Waals surface area contributed by atoms with Crippen molar-refractivity contribution in [3.05, 3.63) is 35.9 Å². The Bertz CT molecular complexity index is 256. The molecule has 0 saturated carbocycles. The predicted octanol–water partition coefficient (Wildman–Crippen LogP) is 2.90. The number of hydrogen-bond donors (Lipinski definition) is 0. The fourth-order valence-electron chi connectivity index (χ4n) is 1.24. The average molecular weight is 180 g/mol. The molecule has 1 rings (SSSR count). The molecular weight excluding hydrogens is 167 g/mol. The molecule has 0 fully saturated rings. The molecule has 0 amide bonds. The SMILES string of the molecule is O=C(F)CCCCc1ccccc1. The van der Waals surface area contributed by atoms with Crippen LogP contribution in [0.5, 0.6) is 0 Å². The topological polar surface area (TPSA) is 17.1 Å². The van der Waals surface area contributed by atoms with E-state index in [0.717, 1.165) is 12.8 Å². The monoisotopic (exact) mass is 180 g/mol. The van der Waals surface area contributed by atoms with Gasteiger partial charge in [-0.05, 0) is 24.8 Å². The smallest absolute Gasteiger partial charge is 0.261 e. The zero-order chi connectivity index (χ0) is 9.52. The number of carbonyl (C=O) groups is 1. The van der Waals surface area contributed by atoms with E-state index in [1.807, 2.05) is 30.3 Å². The van der Waals surface area contributed by atoms with Crippen molar-refractivity contribution >= 4 is 6.04 Å². The molecule has 1 aromatic rings. The first-order chi connectivity index (χ1) is 6.29. The van der Waals surface area contributed by atoms with Gasteiger partial charge in [0.2, 0.25) is 0 Å². The standard InChI is InChI=1S/C11H13FO/c12-11(13)9-5-4-8-10-6-2-1-3-7-10/h1-3,6-7H,4-5,8-9H2. The van der Waals surface area contributed by atoms with Gasteiger partial charge < -0.3 is 0 Å². The molecule has 70 valence electrons. The van der Waals surface area contributed by atoms with Gasteiger partial charge in [-0.25, -0.2) is 0 Å². The van der Waals surface area contributed by atoms with E-state index in [9.17, 15) is 9.18 Å². The summed E-state index contributed by atoms with van der Waals surface area (Å²) in [5.41, 5.74) is 1.24. The Balaban J connectivity index is 2.17. The third-order valence-electron chi connectivity index (χ3n) is 1.93. The zero-order valence-electron chi connectivity index (χ0n) is 7.50. The molecule has 0 N–H and O–H groups in total. The van der Waals surface area contributed by atoms with Crippen LogP contribution in [0.4, 0.5) is 4.39 Å². The summed E-state index contributed by atoms with van der Waals surface area (Å²) in [5.74, 6) is 0. The van der Waals surface area contributed by atoms with Gasteiger partial charge >= 0.3 is 6.04 Å². The quantitative estimate of drug-likeness (QED) is 0.503. The van der Waals surface area contributed by atoms with Gasteiger partial charge in [-0.2, -0.15) is 4.39 Å². The fraction of sp³-hybridized carbons (Fsp3) is 0.364. The number of benzene rings is 1. The Hall–Kier alpha value is -1.18. The summed E-state index contributed by atoms with van der Waals surface area (Å²) in [6.45, 7) is 0. The minimum absolute atomic E-state index is 0.0623. The molecule has 1 nitrogen and oxygen atoms in total. The van der Waals surface area contributed by atoms with Gasteiger partial charge in [0.15, 0.2) is 0 Å². The van der Waals surface area contributed by atoms with Crippen LogP contribution in [0.25, 0.3) is 0 Å². The van der Waals surface area contributed by atoms with E-state index in [1.54, 1.807) is 0 Å². The van der Waals surface area contributed by atoms with Crippen molar-refractivity contribution in [3.63, 3.8) is 0 Å². The molecule has 1 aromatic carbocycles. The molecule has 2 heteroatoms. The fourth-order valence-corrected chi connectivity index (χ4v) is 1.24. The highest BCUT2D eigenvalue weighted by Gasteiger charge is 1.97. The number of aryl methyl sites for hydroxylation is 1. The van der Waals surface area contributed by atoms with Crippen LogP contribution in [0.2, 0.25) is 0 Å². The van der Waals surface area contributed by atoms with E-state index in [2.05, 4.69) is 0 Å². The molecule has 0 aliphatic rings. The van der Waals surface area contributed by atoms with E-state index in [1.165, 1.54) is 5.56 Å². The molecule has 0 unspecified atom stereocenters. The van der Waals surface area contributed by atoms with Crippen LogP contribution in [-0.4, -0.2) is 6.04 Å². The van der Waals surface area contributed by atoms with Crippen molar-refractivity contribution in [2.24, 2.45) is 0 Å². The highest BCUT2D eigenvalue weighted by Crippen LogP contribution is 2.06. The summed E-state index contributed by atoms with van der Waals surface area (Å²) in [7, 11) is 0. The van der Waals surface area contributed by atoms with Crippen LogP contribution in [-0.2, 0) is 11.2 Å². The van der Waals surface area contributed by atoms with Crippen molar-refractivity contribution in [1.82, 2.24) is 0 Å². The number of hydrogen-bond acceptors (Lipinski definition) is 1. The van der Waals surface area contributed by atoms with Gasteiger partial charge in [-0.3, -0.25) is 4.79 Å². The van der Waals surface area contributed by atoms with Crippen molar-refractivity contribution in [2.45, 2.75) is 25.7 Å². The van der Waals surface area contributed by atoms with Crippen LogP contribution in [0, 0.1) is 0 Å². The van der Waals surface area contributed by atoms with Crippen LogP contribution in [0.15, 0.2) is 30.3 Å². The number of carbonyl (C=O) groups excluding carboxylic acids is 1. The summed E-state index contributed by atoms with van der Waals surface area (Å²) in [5, 5.41) is 0. The minimum atomic E-state index is -1.20. The molecule has 0 aromatic heterocycles. The van der Waals surface area contributed by atoms with E-state index >= 15 is 0 Å². The lowest BCUT2D eigenvalue weighted by molar-refractivity contribution is -0.129. The minimum Gasteiger partial charge on any atom is -0.261 e. The second kappa shape index (κ2) is 5.46. The van der Waals surface area contributed by atoms with Gasteiger partial charge in [-0.1, -0.05) is 30.3 Å². The van der Waals surface area contributed by atoms with Crippen LogP contribution in [0.3, 0.4) is 0 Å². The van der Waals surface area contributed by atoms with E-state index in [4.69, 9.17) is 0 Å². The van der Waals surface area contributed by atoms with Gasteiger partial charge in [0, 0.05) is 6.42 Å². The number of rotatable bonds is 5. The highest BCUT2D eigenvalue weighted by atomic mass is 19.1. The molecule has 0 saturated heterocycles. The molecule has 0 aliphatic heterocycles. The predicted molar refractivity (Wildman–Crippen MR) is 50.1 cm³/mol. The molecule has 0 radical (unpaired) electrons. The molecule has 0 spiro atoms. The van der Waals surface area contributed by atoms with Gasteiger partial charge in [0.1, 0.15) is 0 Å². The van der Waals surface area contributed by atoms with Crippen molar-refractivity contribution in [2.75, 3.05) is 0 Å². The summed E-state index contributed by atoms with van der Waals surface area (Å²) >= 11 is 0. The molecule has 13 heavy (non-hydrogen) atoms. The van der Waals surface area contributed by atoms with Gasteiger partial charge in [0.05, 0.1) is 0 Å². The van der Waals surface area contributed by atoms with Crippen molar-refractivity contribution < 1.29 is 9.18 Å². The molecule has 0 atom stereocenters. The van der Waals surface area contributed by atoms with Gasteiger partial charge in [0.25, 0.3) is 0 Å². The summed E-state index contributed by atoms with van der Waals surface area (Å²) in [6, 6.07) is 8.81. The molecule has 0 heterocycles. The second-order valence-electron chi connectivity index (χ2n) is 3.05. The van der Waals surface area contributed by atoms with Crippen LogP contribution >= 0.6 is 0 Å². The highest BCUT2D eigenvalue weighted by molar-refractivity contribution is 5.67. The van der Waals surface area contributed by atoms with E-state index in [0.29, 0.717) is 6.42 Å². The third-order valence-corrected chi connectivity index (χ3v) is 1.93. The maximum absolute atomic E-state index is 11.8. The maximum Gasteiger partial charge on any atom is 0.301 e. The van der Waals surface area contributed by atoms with E-state index in [-0.39, 0.29) is 6.42 Å². The number of halogens is 1. The Morgan fingerprint density at radius 3 is 2.46 bits per heavy atom. The molecule has 0 aliphatic carbocycles. The summed E-state index contributed by atoms with van der Waals surface area (Å²) in [4.78, 5) is 9.99. The van der Waals surface area contributed by atoms with E-state index < -0.39 is 6.04 Å². The largest absolute Gasteiger partial charge is 0.301 e.